The Bertz CT molecular complexity index is 839. The molecule has 0 saturated carbocycles. The fourth-order valence-corrected chi connectivity index (χ4v) is 3.82. The summed E-state index contributed by atoms with van der Waals surface area (Å²) >= 11 is 0. The van der Waals surface area contributed by atoms with E-state index in [1.165, 1.54) is 48.2 Å². The molecular formula is C28H37NO. The van der Waals surface area contributed by atoms with E-state index in [4.69, 9.17) is 4.74 Å². The quantitative estimate of drug-likeness (QED) is 0.327. The first-order valence-corrected chi connectivity index (χ1v) is 11.1. The van der Waals surface area contributed by atoms with Crippen LogP contribution >= 0.6 is 0 Å². The summed E-state index contributed by atoms with van der Waals surface area (Å²) in [7, 11) is 0. The first-order valence-electron chi connectivity index (χ1n) is 11.1. The Balaban J connectivity index is 2.28. The van der Waals surface area contributed by atoms with Crippen LogP contribution in [0.1, 0.15) is 62.0 Å². The van der Waals surface area contributed by atoms with Crippen molar-refractivity contribution in [3.63, 3.8) is 0 Å². The summed E-state index contributed by atoms with van der Waals surface area (Å²) in [4.78, 5) is 0. The van der Waals surface area contributed by atoms with Gasteiger partial charge in [-0.3, -0.25) is 0 Å². The van der Waals surface area contributed by atoms with E-state index in [1.807, 2.05) is 24.3 Å². The summed E-state index contributed by atoms with van der Waals surface area (Å²) < 4.78 is 8.39. The van der Waals surface area contributed by atoms with E-state index < -0.39 is 0 Å². The molecule has 2 nitrogen and oxygen atoms in total. The topological polar surface area (TPSA) is 14.2 Å². The smallest absolute Gasteiger partial charge is 0.119 e. The summed E-state index contributed by atoms with van der Waals surface area (Å²) in [6.07, 6.45) is 16.8. The zero-order chi connectivity index (χ0) is 21.9. The molecule has 0 N–H and O–H groups in total. The van der Waals surface area contributed by atoms with E-state index in [2.05, 4.69) is 81.8 Å². The minimum atomic E-state index is 0.636. The molecule has 160 valence electrons. The molecule has 2 aromatic rings. The van der Waals surface area contributed by atoms with Crippen molar-refractivity contribution < 1.29 is 4.74 Å². The molecule has 0 saturated heterocycles. The van der Waals surface area contributed by atoms with E-state index in [0.717, 1.165) is 18.0 Å². The average Bonchev–Trinajstić information content (AvgIpc) is 3.00. The standard InChI is InChI=1S/C28H37NO/c1-7-11-14-24(10-4)21-30-26-19-17-25(18-20-26)29-22(5)27(15-12-8-2)28(23(29)6)16-13-9-3/h8-9,12-13,15-20,24H,2-3,7,10-11,14,21H2,1,4-6H3/b15-12-,16-13-. The first kappa shape index (κ1) is 23.5. The molecule has 0 bridgehead atoms. The maximum absolute atomic E-state index is 6.09. The lowest BCUT2D eigenvalue weighted by Crippen LogP contribution is -2.11. The van der Waals surface area contributed by atoms with Crippen molar-refractivity contribution in [1.29, 1.82) is 0 Å². The largest absolute Gasteiger partial charge is 0.493 e. The molecule has 0 fully saturated rings. The number of ether oxygens (including phenoxy) is 1. The number of allylic oxidation sites excluding steroid dienone is 4. The van der Waals surface area contributed by atoms with Crippen LogP contribution in [-0.2, 0) is 0 Å². The van der Waals surface area contributed by atoms with Gasteiger partial charge in [-0.05, 0) is 50.5 Å². The van der Waals surface area contributed by atoms with Crippen molar-refractivity contribution in [2.45, 2.75) is 53.4 Å². The highest BCUT2D eigenvalue weighted by molar-refractivity contribution is 5.72. The van der Waals surface area contributed by atoms with Crippen LogP contribution in [0.5, 0.6) is 5.75 Å². The second-order valence-electron chi connectivity index (χ2n) is 7.74. The van der Waals surface area contributed by atoms with Crippen molar-refractivity contribution in [3.8, 4) is 11.4 Å². The molecule has 1 aromatic heterocycles. The van der Waals surface area contributed by atoms with Crippen molar-refractivity contribution in [3.05, 3.63) is 84.2 Å². The maximum atomic E-state index is 6.09. The van der Waals surface area contributed by atoms with Gasteiger partial charge in [0.2, 0.25) is 0 Å². The van der Waals surface area contributed by atoms with Gasteiger partial charge in [-0.2, -0.15) is 0 Å². The van der Waals surface area contributed by atoms with Gasteiger partial charge in [-0.25, -0.2) is 0 Å². The lowest BCUT2D eigenvalue weighted by atomic mass is 10.0. The first-order chi connectivity index (χ1) is 14.6. The second-order valence-corrected chi connectivity index (χ2v) is 7.74. The highest BCUT2D eigenvalue weighted by atomic mass is 16.5. The molecule has 0 radical (unpaired) electrons. The van der Waals surface area contributed by atoms with Crippen LogP contribution in [0.15, 0.2) is 61.7 Å². The van der Waals surface area contributed by atoms with E-state index >= 15 is 0 Å². The third kappa shape index (κ3) is 5.89. The van der Waals surface area contributed by atoms with Crippen LogP contribution in [0.25, 0.3) is 17.8 Å². The van der Waals surface area contributed by atoms with Crippen molar-refractivity contribution in [2.75, 3.05) is 6.61 Å². The number of nitrogens with zero attached hydrogens (tertiary/aromatic N) is 1. The molecule has 0 amide bonds. The zero-order valence-corrected chi connectivity index (χ0v) is 19.2. The van der Waals surface area contributed by atoms with Crippen molar-refractivity contribution in [1.82, 2.24) is 4.57 Å². The van der Waals surface area contributed by atoms with Crippen LogP contribution in [0.4, 0.5) is 0 Å². The van der Waals surface area contributed by atoms with Gasteiger partial charge in [-0.15, -0.1) is 0 Å². The van der Waals surface area contributed by atoms with E-state index in [1.54, 1.807) is 0 Å². The predicted molar refractivity (Wildman–Crippen MR) is 133 cm³/mol. The van der Waals surface area contributed by atoms with Crippen LogP contribution in [0.2, 0.25) is 0 Å². The minimum absolute atomic E-state index is 0.636. The Morgan fingerprint density at radius 1 is 0.933 bits per heavy atom. The van der Waals surface area contributed by atoms with Crippen LogP contribution in [0.3, 0.4) is 0 Å². The van der Waals surface area contributed by atoms with Crippen molar-refractivity contribution in [2.24, 2.45) is 5.92 Å². The lowest BCUT2D eigenvalue weighted by molar-refractivity contribution is 0.233. The second kappa shape index (κ2) is 12.1. The monoisotopic (exact) mass is 403 g/mol. The highest BCUT2D eigenvalue weighted by Gasteiger charge is 2.15. The fourth-order valence-electron chi connectivity index (χ4n) is 3.82. The summed E-state index contributed by atoms with van der Waals surface area (Å²) in [6.45, 7) is 17.2. The van der Waals surface area contributed by atoms with Gasteiger partial charge in [0, 0.05) is 28.2 Å². The maximum Gasteiger partial charge on any atom is 0.119 e. The SMILES string of the molecule is C=C/C=C\c1c(/C=C\C=C)c(C)n(-c2ccc(OCC(CC)CCCC)cc2)c1C. The number of aromatic nitrogens is 1. The predicted octanol–water partition coefficient (Wildman–Crippen LogP) is 8.09. The third-order valence-electron chi connectivity index (χ3n) is 5.66. The highest BCUT2D eigenvalue weighted by Crippen LogP contribution is 2.29. The lowest BCUT2D eigenvalue weighted by Gasteiger charge is -2.16. The normalized spacial score (nSPS) is 12.5. The van der Waals surface area contributed by atoms with Crippen molar-refractivity contribution >= 4 is 12.2 Å². The number of rotatable bonds is 12. The number of hydrogen-bond donors (Lipinski definition) is 0. The average molecular weight is 404 g/mol. The van der Waals surface area contributed by atoms with Gasteiger partial charge in [0.05, 0.1) is 6.61 Å². The molecule has 30 heavy (non-hydrogen) atoms. The molecule has 0 aliphatic heterocycles. The number of hydrogen-bond acceptors (Lipinski definition) is 1. The molecule has 1 aromatic carbocycles. The molecule has 2 rings (SSSR count). The zero-order valence-electron chi connectivity index (χ0n) is 19.2. The van der Waals surface area contributed by atoms with Gasteiger partial charge in [0.25, 0.3) is 0 Å². The van der Waals surface area contributed by atoms with Crippen LogP contribution < -0.4 is 4.74 Å². The Labute approximate surface area is 183 Å². The number of unbranched alkanes of at least 4 members (excludes halogenated alkanes) is 1. The Morgan fingerprint density at radius 2 is 1.50 bits per heavy atom. The van der Waals surface area contributed by atoms with Gasteiger partial charge < -0.3 is 9.30 Å². The van der Waals surface area contributed by atoms with E-state index in [0.29, 0.717) is 5.92 Å². The van der Waals surface area contributed by atoms with Gasteiger partial charge in [-0.1, -0.05) is 82.7 Å². The van der Waals surface area contributed by atoms with Gasteiger partial charge in [0.1, 0.15) is 5.75 Å². The van der Waals surface area contributed by atoms with E-state index in [9.17, 15) is 0 Å². The summed E-state index contributed by atoms with van der Waals surface area (Å²) in [5.74, 6) is 1.58. The van der Waals surface area contributed by atoms with Gasteiger partial charge >= 0.3 is 0 Å². The number of benzene rings is 1. The molecule has 2 heteroatoms. The van der Waals surface area contributed by atoms with Crippen LogP contribution in [0, 0.1) is 19.8 Å². The van der Waals surface area contributed by atoms with Crippen LogP contribution in [-0.4, -0.2) is 11.2 Å². The summed E-state index contributed by atoms with van der Waals surface area (Å²) in [5, 5.41) is 0. The molecule has 1 unspecified atom stereocenters. The molecule has 0 aliphatic carbocycles. The molecule has 1 atom stereocenters. The minimum Gasteiger partial charge on any atom is -0.493 e. The fraction of sp³-hybridized carbons (Fsp3) is 0.357. The Kier molecular flexibility index (Phi) is 9.47. The third-order valence-corrected chi connectivity index (χ3v) is 5.66. The summed E-state index contributed by atoms with van der Waals surface area (Å²) in [6, 6.07) is 8.45. The molecule has 0 spiro atoms. The molecule has 0 aliphatic rings. The van der Waals surface area contributed by atoms with E-state index in [-0.39, 0.29) is 0 Å². The molecular weight excluding hydrogens is 366 g/mol. The Hall–Kier alpha value is -2.74. The molecule has 1 heterocycles. The summed E-state index contributed by atoms with van der Waals surface area (Å²) in [5.41, 5.74) is 5.95. The van der Waals surface area contributed by atoms with Gasteiger partial charge in [0.15, 0.2) is 0 Å². The Morgan fingerprint density at radius 3 is 1.97 bits per heavy atom.